The summed E-state index contributed by atoms with van der Waals surface area (Å²) >= 11 is 5.73. The molecule has 1 saturated heterocycles. The summed E-state index contributed by atoms with van der Waals surface area (Å²) in [6.45, 7) is -0.419. The van der Waals surface area contributed by atoms with Gasteiger partial charge in [0.1, 0.15) is 23.1 Å². The molecule has 0 aliphatic carbocycles. The van der Waals surface area contributed by atoms with Gasteiger partial charge in [-0.05, 0) is 30.3 Å². The number of aromatic nitrogens is 2. The van der Waals surface area contributed by atoms with Crippen molar-refractivity contribution >= 4 is 11.6 Å². The van der Waals surface area contributed by atoms with Gasteiger partial charge < -0.3 is 9.47 Å². The first-order valence-electron chi connectivity index (χ1n) is 8.05. The Morgan fingerprint density at radius 3 is 2.39 bits per heavy atom. The predicted octanol–water partition coefficient (Wildman–Crippen LogP) is 5.22. The van der Waals surface area contributed by atoms with Crippen LogP contribution in [0.2, 0.25) is 5.02 Å². The van der Waals surface area contributed by atoms with Gasteiger partial charge in [0.2, 0.25) is 5.88 Å². The lowest BCUT2D eigenvalue weighted by Gasteiger charge is -2.24. The van der Waals surface area contributed by atoms with E-state index in [1.165, 1.54) is 18.3 Å². The van der Waals surface area contributed by atoms with Crippen molar-refractivity contribution < 1.29 is 27.0 Å². The van der Waals surface area contributed by atoms with Crippen molar-refractivity contribution in [1.82, 2.24) is 9.97 Å². The number of epoxide rings is 1. The highest BCUT2D eigenvalue weighted by Crippen LogP contribution is 2.56. The second-order valence-electron chi connectivity index (χ2n) is 6.11. The average Bonchev–Trinajstić information content (AvgIpc) is 3.46. The van der Waals surface area contributed by atoms with Gasteiger partial charge >= 0.3 is 5.92 Å². The fourth-order valence-corrected chi connectivity index (χ4v) is 2.88. The minimum atomic E-state index is -3.65. The normalized spacial score (nSPS) is 18.8. The Morgan fingerprint density at radius 2 is 1.82 bits per heavy atom. The zero-order valence-electron chi connectivity index (χ0n) is 14.0. The van der Waals surface area contributed by atoms with Crippen molar-refractivity contribution in [2.24, 2.45) is 0 Å². The molecule has 3 aromatic rings. The zero-order valence-corrected chi connectivity index (χ0v) is 14.8. The van der Waals surface area contributed by atoms with Gasteiger partial charge in [-0.1, -0.05) is 11.6 Å². The third-order valence-electron chi connectivity index (χ3n) is 4.29. The van der Waals surface area contributed by atoms with Crippen molar-refractivity contribution in [3.8, 4) is 11.6 Å². The molecule has 0 saturated carbocycles. The fraction of sp³-hybridized carbons (Fsp3) is 0.158. The topological polar surface area (TPSA) is 47.5 Å². The molecule has 1 aromatic carbocycles. The second kappa shape index (κ2) is 6.72. The van der Waals surface area contributed by atoms with Gasteiger partial charge in [0.05, 0.1) is 17.8 Å². The largest absolute Gasteiger partial charge is 0.437 e. The van der Waals surface area contributed by atoms with Crippen LogP contribution in [0, 0.1) is 11.6 Å². The number of rotatable bonds is 5. The van der Waals surface area contributed by atoms with Gasteiger partial charge in [-0.3, -0.25) is 4.98 Å². The summed E-state index contributed by atoms with van der Waals surface area (Å²) < 4.78 is 67.6. The molecule has 1 atom stereocenters. The third-order valence-corrected chi connectivity index (χ3v) is 4.51. The third kappa shape index (κ3) is 3.18. The molecule has 1 fully saturated rings. The summed E-state index contributed by atoms with van der Waals surface area (Å²) in [5.41, 5.74) is -3.28. The first-order valence-corrected chi connectivity index (χ1v) is 8.43. The van der Waals surface area contributed by atoms with Crippen LogP contribution in [0.5, 0.6) is 11.6 Å². The second-order valence-corrected chi connectivity index (χ2v) is 6.55. The summed E-state index contributed by atoms with van der Waals surface area (Å²) in [6.07, 6.45) is 2.47. The van der Waals surface area contributed by atoms with Crippen LogP contribution in [-0.2, 0) is 16.3 Å². The lowest BCUT2D eigenvalue weighted by atomic mass is 9.90. The van der Waals surface area contributed by atoms with Gasteiger partial charge in [0, 0.05) is 23.9 Å². The Morgan fingerprint density at radius 1 is 1.04 bits per heavy atom. The van der Waals surface area contributed by atoms with Crippen LogP contribution in [0.3, 0.4) is 0 Å². The summed E-state index contributed by atoms with van der Waals surface area (Å²) in [7, 11) is 0. The van der Waals surface area contributed by atoms with E-state index in [4.69, 9.17) is 21.1 Å². The van der Waals surface area contributed by atoms with Crippen LogP contribution in [0.4, 0.5) is 17.6 Å². The molecule has 0 bridgehead atoms. The number of alkyl halides is 2. The van der Waals surface area contributed by atoms with Crippen molar-refractivity contribution in [2.75, 3.05) is 6.61 Å². The Bertz CT molecular complexity index is 1010. The molecule has 1 aliphatic rings. The number of hydrogen-bond acceptors (Lipinski definition) is 4. The number of hydrogen-bond donors (Lipinski definition) is 0. The number of ether oxygens (including phenoxy) is 2. The molecule has 2 aromatic heterocycles. The maximum Gasteiger partial charge on any atom is 0.324 e. The molecule has 144 valence electrons. The summed E-state index contributed by atoms with van der Waals surface area (Å²) in [5, 5.41) is 0.420. The molecule has 0 spiro atoms. The zero-order chi connectivity index (χ0) is 19.9. The molecular formula is C19H11ClF4N2O2. The van der Waals surface area contributed by atoms with Gasteiger partial charge in [0.25, 0.3) is 0 Å². The Balaban J connectivity index is 1.60. The van der Waals surface area contributed by atoms with E-state index in [0.29, 0.717) is 11.1 Å². The smallest absolute Gasteiger partial charge is 0.324 e. The van der Waals surface area contributed by atoms with E-state index in [-0.39, 0.29) is 11.6 Å². The summed E-state index contributed by atoms with van der Waals surface area (Å²) in [4.78, 5) is 7.67. The quantitative estimate of drug-likeness (QED) is 0.427. The highest BCUT2D eigenvalue weighted by Gasteiger charge is 2.68. The molecule has 0 amide bonds. The molecular weight excluding hydrogens is 400 g/mol. The van der Waals surface area contributed by atoms with Crippen LogP contribution >= 0.6 is 11.6 Å². The lowest BCUT2D eigenvalue weighted by molar-refractivity contribution is -0.0902. The van der Waals surface area contributed by atoms with Crippen LogP contribution in [-0.4, -0.2) is 16.6 Å². The van der Waals surface area contributed by atoms with Crippen LogP contribution < -0.4 is 4.74 Å². The molecule has 0 N–H and O–H groups in total. The van der Waals surface area contributed by atoms with Crippen LogP contribution in [0.25, 0.3) is 0 Å². The fourth-order valence-electron chi connectivity index (χ4n) is 2.77. The van der Waals surface area contributed by atoms with Crippen molar-refractivity contribution in [2.45, 2.75) is 11.5 Å². The number of benzene rings is 1. The van der Waals surface area contributed by atoms with Crippen LogP contribution in [0.1, 0.15) is 11.3 Å². The van der Waals surface area contributed by atoms with Crippen molar-refractivity contribution in [1.29, 1.82) is 0 Å². The van der Waals surface area contributed by atoms with Crippen molar-refractivity contribution in [3.05, 3.63) is 82.8 Å². The summed E-state index contributed by atoms with van der Waals surface area (Å²) in [5.74, 6) is -5.24. The Labute approximate surface area is 161 Å². The van der Waals surface area contributed by atoms with E-state index in [9.17, 15) is 8.78 Å². The molecule has 1 aliphatic heterocycles. The molecule has 1 unspecified atom stereocenters. The number of halogens is 5. The molecule has 4 rings (SSSR count). The first-order chi connectivity index (χ1) is 13.3. The number of pyridine rings is 2. The predicted molar refractivity (Wildman–Crippen MR) is 91.4 cm³/mol. The van der Waals surface area contributed by atoms with E-state index in [0.717, 1.165) is 24.4 Å². The maximum absolute atomic E-state index is 15.0. The highest BCUT2D eigenvalue weighted by molar-refractivity contribution is 6.30. The van der Waals surface area contributed by atoms with E-state index in [1.807, 2.05) is 0 Å². The number of nitrogens with zero attached hydrogens (tertiary/aromatic N) is 2. The van der Waals surface area contributed by atoms with E-state index in [2.05, 4.69) is 9.97 Å². The van der Waals surface area contributed by atoms with Gasteiger partial charge in [0.15, 0.2) is 5.60 Å². The monoisotopic (exact) mass is 410 g/mol. The van der Waals surface area contributed by atoms with Crippen molar-refractivity contribution in [3.63, 3.8) is 0 Å². The SMILES string of the molecule is Fc1ccc(C2(C(F)(F)c3ccc(Oc4ccc(Cl)cn4)cn3)CO2)c(F)c1. The first kappa shape index (κ1) is 18.6. The van der Waals surface area contributed by atoms with E-state index >= 15 is 8.78 Å². The van der Waals surface area contributed by atoms with Gasteiger partial charge in [-0.15, -0.1) is 0 Å². The van der Waals surface area contributed by atoms with Gasteiger partial charge in [-0.2, -0.15) is 8.78 Å². The standard InChI is InChI=1S/C19H11ClF4N2O2/c20-11-1-6-17(26-8-11)28-13-3-5-16(25-9-13)19(23,24)18(10-27-18)14-4-2-12(21)7-15(14)22/h1-9H,10H2. The molecule has 3 heterocycles. The Kier molecular flexibility index (Phi) is 4.47. The van der Waals surface area contributed by atoms with E-state index in [1.54, 1.807) is 6.07 Å². The molecule has 4 nitrogen and oxygen atoms in total. The minimum Gasteiger partial charge on any atom is -0.437 e. The molecule has 0 radical (unpaired) electrons. The maximum atomic E-state index is 15.0. The average molecular weight is 411 g/mol. The minimum absolute atomic E-state index is 0.174. The van der Waals surface area contributed by atoms with Crippen LogP contribution in [0.15, 0.2) is 54.9 Å². The molecule has 9 heteroatoms. The van der Waals surface area contributed by atoms with E-state index < -0.39 is 41.0 Å². The summed E-state index contributed by atoms with van der Waals surface area (Å²) in [6, 6.07) is 7.80. The lowest BCUT2D eigenvalue weighted by Crippen LogP contribution is -2.34. The van der Waals surface area contributed by atoms with Gasteiger partial charge in [-0.25, -0.2) is 13.8 Å². The molecule has 28 heavy (non-hydrogen) atoms. The highest BCUT2D eigenvalue weighted by atomic mass is 35.5. The Hall–Kier alpha value is -2.71.